The molecule has 20 heavy (non-hydrogen) atoms. The van der Waals surface area contributed by atoms with Crippen molar-refractivity contribution in [3.05, 3.63) is 18.3 Å². The summed E-state index contributed by atoms with van der Waals surface area (Å²) < 4.78 is 10.3. The van der Waals surface area contributed by atoms with Gasteiger partial charge in [-0.05, 0) is 19.4 Å². The van der Waals surface area contributed by atoms with Crippen molar-refractivity contribution in [2.24, 2.45) is 5.92 Å². The second-order valence-corrected chi connectivity index (χ2v) is 4.79. The lowest BCUT2D eigenvalue weighted by atomic mass is 10.1. The van der Waals surface area contributed by atoms with Crippen molar-refractivity contribution in [2.45, 2.75) is 13.3 Å². The van der Waals surface area contributed by atoms with Crippen LogP contribution in [0.3, 0.4) is 0 Å². The van der Waals surface area contributed by atoms with Gasteiger partial charge in [0.05, 0.1) is 25.6 Å². The van der Waals surface area contributed by atoms with Gasteiger partial charge < -0.3 is 19.7 Å². The maximum atomic E-state index is 12.2. The molecule has 0 saturated carbocycles. The number of carbonyl (C=O) groups is 1. The molecule has 1 fully saturated rings. The van der Waals surface area contributed by atoms with Crippen LogP contribution in [0.1, 0.15) is 13.3 Å². The number of carbonyl (C=O) groups excluding carboxylic acids is 1. The van der Waals surface area contributed by atoms with E-state index in [0.29, 0.717) is 24.0 Å². The SMILES string of the molecule is CCN(C[C@H]1CCOC1)C(=O)Nc1ccc(OC)nc1. The maximum Gasteiger partial charge on any atom is 0.321 e. The second-order valence-electron chi connectivity index (χ2n) is 4.79. The summed E-state index contributed by atoms with van der Waals surface area (Å²) in [6.07, 6.45) is 2.61. The van der Waals surface area contributed by atoms with Crippen molar-refractivity contribution < 1.29 is 14.3 Å². The van der Waals surface area contributed by atoms with Crippen LogP contribution in [0, 0.1) is 5.92 Å². The van der Waals surface area contributed by atoms with Crippen LogP contribution < -0.4 is 10.1 Å². The molecule has 1 atom stereocenters. The molecule has 1 N–H and O–H groups in total. The molecule has 6 nitrogen and oxygen atoms in total. The summed E-state index contributed by atoms with van der Waals surface area (Å²) >= 11 is 0. The molecule has 2 amide bonds. The van der Waals surface area contributed by atoms with Gasteiger partial charge in [-0.2, -0.15) is 0 Å². The molecule has 0 radical (unpaired) electrons. The summed E-state index contributed by atoms with van der Waals surface area (Å²) in [6, 6.07) is 3.39. The first-order chi connectivity index (χ1) is 9.72. The predicted molar refractivity (Wildman–Crippen MR) is 76.0 cm³/mol. The van der Waals surface area contributed by atoms with Crippen molar-refractivity contribution in [3.8, 4) is 5.88 Å². The van der Waals surface area contributed by atoms with Gasteiger partial charge >= 0.3 is 6.03 Å². The zero-order valence-corrected chi connectivity index (χ0v) is 12.0. The van der Waals surface area contributed by atoms with E-state index in [9.17, 15) is 4.79 Å². The van der Waals surface area contributed by atoms with Crippen LogP contribution in [0.15, 0.2) is 18.3 Å². The van der Waals surface area contributed by atoms with E-state index in [1.165, 1.54) is 0 Å². The van der Waals surface area contributed by atoms with Crippen LogP contribution in [0.5, 0.6) is 5.88 Å². The van der Waals surface area contributed by atoms with Gasteiger partial charge in [0.15, 0.2) is 0 Å². The molecule has 0 spiro atoms. The van der Waals surface area contributed by atoms with Crippen molar-refractivity contribution >= 4 is 11.7 Å². The number of ether oxygens (including phenoxy) is 2. The lowest BCUT2D eigenvalue weighted by molar-refractivity contribution is 0.171. The quantitative estimate of drug-likeness (QED) is 0.895. The Balaban J connectivity index is 1.90. The lowest BCUT2D eigenvalue weighted by Gasteiger charge is -2.24. The molecule has 1 aliphatic rings. The molecule has 2 rings (SSSR count). The van der Waals surface area contributed by atoms with E-state index >= 15 is 0 Å². The number of nitrogens with one attached hydrogen (secondary N) is 1. The fraction of sp³-hybridized carbons (Fsp3) is 0.571. The largest absolute Gasteiger partial charge is 0.481 e. The minimum atomic E-state index is -0.105. The average Bonchev–Trinajstić information content (AvgIpc) is 2.98. The zero-order valence-electron chi connectivity index (χ0n) is 12.0. The normalized spacial score (nSPS) is 17.8. The predicted octanol–water partition coefficient (Wildman–Crippen LogP) is 1.98. The van der Waals surface area contributed by atoms with Crippen molar-refractivity contribution in [2.75, 3.05) is 38.7 Å². The Hall–Kier alpha value is -1.82. The molecule has 110 valence electrons. The molecule has 0 bridgehead atoms. The molecule has 1 aromatic rings. The van der Waals surface area contributed by atoms with E-state index in [4.69, 9.17) is 9.47 Å². The summed E-state index contributed by atoms with van der Waals surface area (Å²) in [5.74, 6) is 0.966. The summed E-state index contributed by atoms with van der Waals surface area (Å²) in [7, 11) is 1.56. The standard InChI is InChI=1S/C14H21N3O3/c1-3-17(9-11-6-7-20-10-11)14(18)16-12-4-5-13(19-2)15-8-12/h4-5,8,11H,3,6-7,9-10H2,1-2H3,(H,16,18)/t11-/m1/s1. The zero-order chi connectivity index (χ0) is 14.4. The number of nitrogens with zero attached hydrogens (tertiary/aromatic N) is 2. The Morgan fingerprint density at radius 2 is 2.45 bits per heavy atom. The summed E-state index contributed by atoms with van der Waals surface area (Å²) in [6.45, 7) is 4.92. The Bertz CT molecular complexity index is 430. The number of methoxy groups -OCH3 is 1. The van der Waals surface area contributed by atoms with E-state index < -0.39 is 0 Å². The van der Waals surface area contributed by atoms with Gasteiger partial charge in [-0.1, -0.05) is 0 Å². The van der Waals surface area contributed by atoms with E-state index in [0.717, 1.165) is 26.2 Å². The molecule has 0 unspecified atom stereocenters. The summed E-state index contributed by atoms with van der Waals surface area (Å²) in [5, 5.41) is 2.85. The minimum absolute atomic E-state index is 0.105. The second kappa shape index (κ2) is 7.09. The maximum absolute atomic E-state index is 12.2. The first kappa shape index (κ1) is 14.6. The average molecular weight is 279 g/mol. The third kappa shape index (κ3) is 3.84. The van der Waals surface area contributed by atoms with E-state index in [-0.39, 0.29) is 6.03 Å². The van der Waals surface area contributed by atoms with Gasteiger partial charge in [-0.3, -0.25) is 0 Å². The number of hydrogen-bond acceptors (Lipinski definition) is 4. The molecular weight excluding hydrogens is 258 g/mol. The number of hydrogen-bond donors (Lipinski definition) is 1. The number of anilines is 1. The van der Waals surface area contributed by atoms with Gasteiger partial charge in [0.25, 0.3) is 0 Å². The van der Waals surface area contributed by atoms with Gasteiger partial charge in [-0.25, -0.2) is 9.78 Å². The van der Waals surface area contributed by atoms with Crippen LogP contribution in [0.25, 0.3) is 0 Å². The molecule has 1 aliphatic heterocycles. The van der Waals surface area contributed by atoms with Crippen LogP contribution in [0.2, 0.25) is 0 Å². The molecule has 0 aliphatic carbocycles. The number of aromatic nitrogens is 1. The van der Waals surface area contributed by atoms with Crippen molar-refractivity contribution in [3.63, 3.8) is 0 Å². The van der Waals surface area contributed by atoms with Crippen molar-refractivity contribution in [1.29, 1.82) is 0 Å². The number of urea groups is 1. The Labute approximate surface area is 119 Å². The summed E-state index contributed by atoms with van der Waals surface area (Å²) in [4.78, 5) is 18.1. The molecule has 1 saturated heterocycles. The number of pyridine rings is 1. The van der Waals surface area contributed by atoms with E-state index in [1.54, 1.807) is 30.3 Å². The Morgan fingerprint density at radius 3 is 3.00 bits per heavy atom. The third-order valence-electron chi connectivity index (χ3n) is 3.37. The molecule has 2 heterocycles. The Morgan fingerprint density at radius 1 is 1.60 bits per heavy atom. The highest BCUT2D eigenvalue weighted by Crippen LogP contribution is 2.15. The molecule has 1 aromatic heterocycles. The first-order valence-corrected chi connectivity index (χ1v) is 6.86. The van der Waals surface area contributed by atoms with Crippen LogP contribution in [0.4, 0.5) is 10.5 Å². The highest BCUT2D eigenvalue weighted by molar-refractivity contribution is 5.89. The molecular formula is C14H21N3O3. The van der Waals surface area contributed by atoms with Crippen molar-refractivity contribution in [1.82, 2.24) is 9.88 Å². The molecule has 0 aromatic carbocycles. The highest BCUT2D eigenvalue weighted by atomic mass is 16.5. The van der Waals surface area contributed by atoms with Gasteiger partial charge in [-0.15, -0.1) is 0 Å². The smallest absolute Gasteiger partial charge is 0.321 e. The van der Waals surface area contributed by atoms with Gasteiger partial charge in [0.1, 0.15) is 0 Å². The molecule has 6 heteroatoms. The fourth-order valence-electron chi connectivity index (χ4n) is 2.17. The van der Waals surface area contributed by atoms with Crippen LogP contribution in [-0.4, -0.2) is 49.3 Å². The van der Waals surface area contributed by atoms with Gasteiger partial charge in [0.2, 0.25) is 5.88 Å². The topological polar surface area (TPSA) is 63.7 Å². The first-order valence-electron chi connectivity index (χ1n) is 6.86. The van der Waals surface area contributed by atoms with Crippen LogP contribution >= 0.6 is 0 Å². The van der Waals surface area contributed by atoms with Gasteiger partial charge in [0, 0.05) is 31.7 Å². The van der Waals surface area contributed by atoms with E-state index in [1.807, 2.05) is 6.92 Å². The Kier molecular flexibility index (Phi) is 5.17. The summed E-state index contributed by atoms with van der Waals surface area (Å²) in [5.41, 5.74) is 0.664. The van der Waals surface area contributed by atoms with Crippen LogP contribution in [-0.2, 0) is 4.74 Å². The minimum Gasteiger partial charge on any atom is -0.481 e. The lowest BCUT2D eigenvalue weighted by Crippen LogP contribution is -2.38. The monoisotopic (exact) mass is 279 g/mol. The highest BCUT2D eigenvalue weighted by Gasteiger charge is 2.21. The fourth-order valence-corrected chi connectivity index (χ4v) is 2.17. The van der Waals surface area contributed by atoms with E-state index in [2.05, 4.69) is 10.3 Å². The number of rotatable bonds is 5. The third-order valence-corrected chi connectivity index (χ3v) is 3.37. The number of amides is 2.